The monoisotopic (exact) mass is 1030 g/mol. The van der Waals surface area contributed by atoms with Gasteiger partial charge in [-0.05, 0) is 113 Å². The van der Waals surface area contributed by atoms with Crippen LogP contribution in [0.2, 0.25) is 0 Å². The molecule has 2 aliphatic rings. The van der Waals surface area contributed by atoms with Crippen molar-refractivity contribution >= 4 is 24.0 Å². The van der Waals surface area contributed by atoms with E-state index in [1.807, 2.05) is 88.4 Å². The summed E-state index contributed by atoms with van der Waals surface area (Å²) in [5, 5.41) is 20.4. The van der Waals surface area contributed by atoms with Gasteiger partial charge in [0.15, 0.2) is 0 Å². The van der Waals surface area contributed by atoms with Crippen molar-refractivity contribution in [3.8, 4) is 11.5 Å². The average Bonchev–Trinajstić information content (AvgIpc) is 3.33. The van der Waals surface area contributed by atoms with Crippen LogP contribution in [0.1, 0.15) is 77.6 Å². The van der Waals surface area contributed by atoms with Gasteiger partial charge in [0, 0.05) is 58.0 Å². The Balaban J connectivity index is 0.000000269. The summed E-state index contributed by atoms with van der Waals surface area (Å²) in [5.41, 5.74) is 2.19. The number of rotatable bonds is 17. The van der Waals surface area contributed by atoms with E-state index in [9.17, 15) is 33.1 Å². The summed E-state index contributed by atoms with van der Waals surface area (Å²) >= 11 is 0. The van der Waals surface area contributed by atoms with Crippen molar-refractivity contribution in [2.45, 2.75) is 105 Å². The number of piperazine rings is 2. The van der Waals surface area contributed by atoms with Crippen molar-refractivity contribution in [2.75, 3.05) is 52.5 Å². The second-order valence-corrected chi connectivity index (χ2v) is 20.5. The summed E-state index contributed by atoms with van der Waals surface area (Å²) in [6.07, 6.45) is 1.81. The van der Waals surface area contributed by atoms with Crippen LogP contribution in [0.3, 0.4) is 0 Å². The molecule has 14 nitrogen and oxygen atoms in total. The van der Waals surface area contributed by atoms with Gasteiger partial charge in [-0.25, -0.2) is 18.4 Å². The third-order valence-electron chi connectivity index (χ3n) is 11.5. The second kappa shape index (κ2) is 28.6. The highest BCUT2D eigenvalue weighted by Crippen LogP contribution is 2.27. The minimum absolute atomic E-state index is 0.0454. The Bertz CT molecular complexity index is 2450. The number of ether oxygens (including phenoxy) is 4. The molecule has 2 fully saturated rings. The van der Waals surface area contributed by atoms with Crippen molar-refractivity contribution in [1.82, 2.24) is 19.6 Å². The van der Waals surface area contributed by atoms with Crippen LogP contribution < -0.4 is 9.47 Å². The summed E-state index contributed by atoms with van der Waals surface area (Å²) in [4.78, 5) is 57.0. The molecule has 2 aliphatic heterocycles. The minimum atomic E-state index is -1.21. The zero-order chi connectivity index (χ0) is 54.6. The highest BCUT2D eigenvalue weighted by atomic mass is 19.1. The molecule has 2 N–H and O–H groups in total. The highest BCUT2D eigenvalue weighted by Gasteiger charge is 2.45. The SMILES string of the molecule is C=CCOc1cc(F)cc(C[C@H](C)CO)c1.C=CCOc1cc(F)cc(C[C@H](C)[C@H](O)[C@H]2C(=O)N(Cc3ccccc3)CCN2C(=O)OC(C)(C)C)c1.CC(C)(C)OC(=O)N1CCN(Cc2ccccc2)C(=O)C1. The number of hydrogen-bond donors (Lipinski definition) is 2. The number of benzene rings is 4. The fourth-order valence-corrected chi connectivity index (χ4v) is 8.00. The Labute approximate surface area is 436 Å². The molecule has 0 spiro atoms. The van der Waals surface area contributed by atoms with Gasteiger partial charge in [0.25, 0.3) is 0 Å². The third kappa shape index (κ3) is 20.3. The van der Waals surface area contributed by atoms with Crippen LogP contribution in [-0.4, -0.2) is 130 Å². The second-order valence-electron chi connectivity index (χ2n) is 20.5. The summed E-state index contributed by atoms with van der Waals surface area (Å²) < 4.78 is 49.0. The fraction of sp³-hybridized carbons (Fsp3) is 0.448. The van der Waals surface area contributed by atoms with Crippen LogP contribution in [0.15, 0.2) is 122 Å². The average molecular weight is 1030 g/mol. The van der Waals surface area contributed by atoms with E-state index in [-0.39, 0.29) is 56.3 Å². The van der Waals surface area contributed by atoms with Crippen LogP contribution in [0.4, 0.5) is 18.4 Å². The normalized spacial score (nSPS) is 16.1. The molecule has 402 valence electrons. The molecule has 0 bridgehead atoms. The fourth-order valence-electron chi connectivity index (χ4n) is 8.00. The van der Waals surface area contributed by atoms with Crippen molar-refractivity contribution in [3.63, 3.8) is 0 Å². The van der Waals surface area contributed by atoms with Gasteiger partial charge in [-0.15, -0.1) is 0 Å². The van der Waals surface area contributed by atoms with Crippen LogP contribution in [0.5, 0.6) is 11.5 Å². The van der Waals surface area contributed by atoms with Gasteiger partial charge < -0.3 is 39.0 Å². The molecular weight excluding hydrogens is 951 g/mol. The zero-order valence-electron chi connectivity index (χ0n) is 44.3. The van der Waals surface area contributed by atoms with Gasteiger partial charge in [0.05, 0.1) is 6.10 Å². The number of carbonyl (C=O) groups excluding carboxylic acids is 4. The van der Waals surface area contributed by atoms with Gasteiger partial charge in [0.1, 0.15) is 60.1 Å². The molecular formula is C58H76F2N4O10. The van der Waals surface area contributed by atoms with Crippen LogP contribution in [-0.2, 0) is 45.0 Å². The lowest BCUT2D eigenvalue weighted by Crippen LogP contribution is -2.64. The standard InChI is InChI=1S/C29H37FN2O5.C16H22N2O3.C13H17FO2/c1-6-14-36-24-17-22(16-23(30)18-24)15-20(2)26(33)25-27(34)31(19-21-10-8-7-9-11-21)12-13-32(25)28(35)37-29(3,4)5;1-16(2,3)21-15(20)18-10-9-17(14(19)12-18)11-13-7-5-4-6-8-13;1-3-4-16-13-7-11(5-10(2)9-15)6-12(14)8-13/h6-11,16-18,20,25-26,33H,1,12-15,19H2,2-5H3;4-8H,9-12H2,1-3H3;3,6-8,10,15H,1,4-5,9H2,2H3/t20-,25-,26-;;10-/m0.0/s1. The highest BCUT2D eigenvalue weighted by molar-refractivity contribution is 5.88. The van der Waals surface area contributed by atoms with E-state index in [1.165, 1.54) is 34.1 Å². The topological polar surface area (TPSA) is 159 Å². The lowest BCUT2D eigenvalue weighted by atomic mass is 9.89. The van der Waals surface area contributed by atoms with E-state index in [4.69, 9.17) is 24.1 Å². The molecule has 74 heavy (non-hydrogen) atoms. The molecule has 2 saturated heterocycles. The molecule has 0 aliphatic carbocycles. The molecule has 4 aromatic rings. The molecule has 0 unspecified atom stereocenters. The Morgan fingerprint density at radius 2 is 1.15 bits per heavy atom. The van der Waals surface area contributed by atoms with E-state index in [2.05, 4.69) is 13.2 Å². The van der Waals surface area contributed by atoms with E-state index >= 15 is 0 Å². The lowest BCUT2D eigenvalue weighted by Gasteiger charge is -2.43. The van der Waals surface area contributed by atoms with Gasteiger partial charge in [-0.1, -0.05) is 99.8 Å². The maximum absolute atomic E-state index is 14.2. The largest absolute Gasteiger partial charge is 0.489 e. The Kier molecular flexibility index (Phi) is 23.1. The van der Waals surface area contributed by atoms with Gasteiger partial charge in [0.2, 0.25) is 11.8 Å². The number of carbonyl (C=O) groups is 4. The number of aliphatic hydroxyl groups excluding tert-OH is 2. The first kappa shape index (κ1) is 59.8. The number of halogens is 2. The van der Waals surface area contributed by atoms with Crippen molar-refractivity contribution < 1.29 is 57.1 Å². The summed E-state index contributed by atoms with van der Waals surface area (Å²) in [7, 11) is 0. The maximum atomic E-state index is 14.2. The van der Waals surface area contributed by atoms with Gasteiger partial charge >= 0.3 is 12.2 Å². The van der Waals surface area contributed by atoms with Gasteiger partial charge in [-0.3, -0.25) is 19.4 Å². The molecule has 6 rings (SSSR count). The Morgan fingerprint density at radius 3 is 1.62 bits per heavy atom. The van der Waals surface area contributed by atoms with Gasteiger partial charge in [-0.2, -0.15) is 0 Å². The number of hydrogen-bond acceptors (Lipinski definition) is 10. The van der Waals surface area contributed by atoms with Crippen molar-refractivity contribution in [1.29, 1.82) is 0 Å². The van der Waals surface area contributed by atoms with Crippen molar-refractivity contribution in [3.05, 3.63) is 156 Å². The molecule has 0 radical (unpaired) electrons. The molecule has 16 heteroatoms. The van der Waals surface area contributed by atoms with Crippen molar-refractivity contribution in [2.24, 2.45) is 11.8 Å². The smallest absolute Gasteiger partial charge is 0.411 e. The first-order valence-corrected chi connectivity index (χ1v) is 25.0. The van der Waals surface area contributed by atoms with Crippen LogP contribution in [0, 0.1) is 23.5 Å². The molecule has 0 saturated carbocycles. The summed E-state index contributed by atoms with van der Waals surface area (Å²) in [6.45, 7) is 24.8. The zero-order valence-corrected chi connectivity index (χ0v) is 44.3. The van der Waals surface area contributed by atoms with E-state index < -0.39 is 47.3 Å². The molecule has 2 heterocycles. The Hall–Kier alpha value is -6.78. The number of amides is 4. The molecule has 4 amide bonds. The summed E-state index contributed by atoms with van der Waals surface area (Å²) in [5.74, 6) is -0.683. The molecule has 4 aromatic carbocycles. The third-order valence-corrected chi connectivity index (χ3v) is 11.5. The lowest BCUT2D eigenvalue weighted by molar-refractivity contribution is -0.149. The predicted molar refractivity (Wildman–Crippen MR) is 281 cm³/mol. The molecule has 0 aromatic heterocycles. The van der Waals surface area contributed by atoms with Crippen LogP contribution >= 0.6 is 0 Å². The molecule has 4 atom stereocenters. The minimum Gasteiger partial charge on any atom is -0.489 e. The number of aliphatic hydroxyl groups is 2. The maximum Gasteiger partial charge on any atom is 0.411 e. The first-order valence-electron chi connectivity index (χ1n) is 25.0. The number of nitrogens with zero attached hydrogens (tertiary/aromatic N) is 4. The quantitative estimate of drug-likeness (QED) is 0.0977. The predicted octanol–water partition coefficient (Wildman–Crippen LogP) is 9.41. The van der Waals surface area contributed by atoms with E-state index in [0.29, 0.717) is 62.8 Å². The first-order chi connectivity index (χ1) is 35.0. The van der Waals surface area contributed by atoms with E-state index in [1.54, 1.807) is 61.8 Å². The van der Waals surface area contributed by atoms with E-state index in [0.717, 1.165) is 16.7 Å². The Morgan fingerprint density at radius 1 is 0.676 bits per heavy atom. The van der Waals surface area contributed by atoms with Crippen LogP contribution in [0.25, 0.3) is 0 Å². The summed E-state index contributed by atoms with van der Waals surface area (Å²) in [6, 6.07) is 27.2.